The molecular formula is C22H36N4O2. The van der Waals surface area contributed by atoms with Crippen LogP contribution in [-0.2, 0) is 11.2 Å². The molecule has 0 aromatic heterocycles. The molecule has 2 rings (SSSR count). The number of amides is 3. The van der Waals surface area contributed by atoms with Crippen LogP contribution in [0.3, 0.4) is 0 Å². The maximum Gasteiger partial charge on any atom is 0.315 e. The lowest BCUT2D eigenvalue weighted by Gasteiger charge is -2.25. The van der Waals surface area contributed by atoms with Crippen LogP contribution in [0.2, 0.25) is 0 Å². The second-order valence-electron chi connectivity index (χ2n) is 7.86. The van der Waals surface area contributed by atoms with Crippen LogP contribution in [-0.4, -0.2) is 50.1 Å². The van der Waals surface area contributed by atoms with E-state index in [0.717, 1.165) is 19.3 Å². The lowest BCUT2D eigenvalue weighted by molar-refractivity contribution is -0.121. The van der Waals surface area contributed by atoms with Crippen LogP contribution in [0.5, 0.6) is 0 Å². The highest BCUT2D eigenvalue weighted by Crippen LogP contribution is 2.18. The molecule has 1 aliphatic carbocycles. The molecule has 28 heavy (non-hydrogen) atoms. The predicted molar refractivity (Wildman–Crippen MR) is 113 cm³/mol. The first kappa shape index (κ1) is 22.2. The molecule has 156 valence electrons. The fourth-order valence-corrected chi connectivity index (χ4v) is 3.65. The highest BCUT2D eigenvalue weighted by atomic mass is 16.2. The summed E-state index contributed by atoms with van der Waals surface area (Å²) in [5, 5.41) is 8.79. The van der Waals surface area contributed by atoms with Crippen molar-refractivity contribution in [2.45, 2.75) is 64.0 Å². The highest BCUT2D eigenvalue weighted by Gasteiger charge is 2.17. The number of nitrogens with one attached hydrogen (secondary N) is 3. The van der Waals surface area contributed by atoms with Crippen molar-refractivity contribution in [3.8, 4) is 0 Å². The van der Waals surface area contributed by atoms with Crippen LogP contribution in [0, 0.1) is 0 Å². The summed E-state index contributed by atoms with van der Waals surface area (Å²) in [6.45, 7) is 3.04. The number of urea groups is 1. The molecule has 1 atom stereocenters. The summed E-state index contributed by atoms with van der Waals surface area (Å²) in [6.07, 6.45) is 7.04. The standard InChI is InChI=1S/C22H36N4O2/c1-4-17-10-12-18(13-11-17)20(26(2)3)16-24-21(27)14-15-23-22(28)25-19-8-6-5-7-9-19/h10-13,19-20H,4-9,14-16H2,1-3H3,(H,24,27)(H2,23,25,28). The molecule has 1 saturated carbocycles. The zero-order valence-electron chi connectivity index (χ0n) is 17.6. The summed E-state index contributed by atoms with van der Waals surface area (Å²) in [5.74, 6) is -0.0463. The van der Waals surface area contributed by atoms with E-state index in [-0.39, 0.29) is 30.4 Å². The van der Waals surface area contributed by atoms with Crippen molar-refractivity contribution in [2.24, 2.45) is 0 Å². The smallest absolute Gasteiger partial charge is 0.315 e. The van der Waals surface area contributed by atoms with E-state index < -0.39 is 0 Å². The molecule has 1 aliphatic rings. The van der Waals surface area contributed by atoms with Crippen LogP contribution in [0.1, 0.15) is 62.6 Å². The zero-order valence-corrected chi connectivity index (χ0v) is 17.6. The van der Waals surface area contributed by atoms with E-state index >= 15 is 0 Å². The fourth-order valence-electron chi connectivity index (χ4n) is 3.65. The molecule has 1 unspecified atom stereocenters. The summed E-state index contributed by atoms with van der Waals surface area (Å²) in [5.41, 5.74) is 2.50. The van der Waals surface area contributed by atoms with Crippen molar-refractivity contribution in [1.82, 2.24) is 20.9 Å². The molecule has 0 heterocycles. The second kappa shape index (κ2) is 11.7. The maximum absolute atomic E-state index is 12.2. The summed E-state index contributed by atoms with van der Waals surface area (Å²) in [7, 11) is 4.03. The Bertz CT molecular complexity index is 609. The van der Waals surface area contributed by atoms with E-state index in [1.807, 2.05) is 14.1 Å². The molecule has 6 heteroatoms. The van der Waals surface area contributed by atoms with Gasteiger partial charge in [0.1, 0.15) is 0 Å². The molecule has 1 aromatic rings. The molecule has 0 bridgehead atoms. The van der Waals surface area contributed by atoms with E-state index in [1.54, 1.807) is 0 Å². The summed E-state index contributed by atoms with van der Waals surface area (Å²) in [4.78, 5) is 26.2. The maximum atomic E-state index is 12.2. The average Bonchev–Trinajstić information content (AvgIpc) is 2.69. The molecule has 0 saturated heterocycles. The van der Waals surface area contributed by atoms with Crippen molar-refractivity contribution in [1.29, 1.82) is 0 Å². The first-order valence-corrected chi connectivity index (χ1v) is 10.6. The number of aryl methyl sites for hydroxylation is 1. The molecule has 3 N–H and O–H groups in total. The monoisotopic (exact) mass is 388 g/mol. The number of carbonyl (C=O) groups is 2. The Labute approximate surface area is 169 Å². The Kier molecular flexibility index (Phi) is 9.28. The average molecular weight is 389 g/mol. The van der Waals surface area contributed by atoms with Crippen LogP contribution in [0.15, 0.2) is 24.3 Å². The SMILES string of the molecule is CCc1ccc(C(CNC(=O)CCNC(=O)NC2CCCCC2)N(C)C)cc1. The predicted octanol–water partition coefficient (Wildman–Crippen LogP) is 2.99. The molecule has 1 fully saturated rings. The van der Waals surface area contributed by atoms with Gasteiger partial charge in [-0.15, -0.1) is 0 Å². The van der Waals surface area contributed by atoms with E-state index in [2.05, 4.69) is 52.0 Å². The van der Waals surface area contributed by atoms with Crippen molar-refractivity contribution in [3.63, 3.8) is 0 Å². The third kappa shape index (κ3) is 7.50. The van der Waals surface area contributed by atoms with Gasteiger partial charge in [0.05, 0.1) is 6.04 Å². The van der Waals surface area contributed by atoms with Crippen LogP contribution < -0.4 is 16.0 Å². The van der Waals surface area contributed by atoms with Gasteiger partial charge in [0.2, 0.25) is 5.91 Å². The summed E-state index contributed by atoms with van der Waals surface area (Å²) < 4.78 is 0. The molecule has 0 radical (unpaired) electrons. The quantitative estimate of drug-likeness (QED) is 0.609. The van der Waals surface area contributed by atoms with Gasteiger partial charge in [0.15, 0.2) is 0 Å². The fraction of sp³-hybridized carbons (Fsp3) is 0.636. The van der Waals surface area contributed by atoms with E-state index in [1.165, 1.54) is 30.4 Å². The van der Waals surface area contributed by atoms with E-state index in [9.17, 15) is 9.59 Å². The molecule has 0 aliphatic heterocycles. The first-order valence-electron chi connectivity index (χ1n) is 10.6. The number of carbonyl (C=O) groups excluding carboxylic acids is 2. The van der Waals surface area contributed by atoms with E-state index in [4.69, 9.17) is 0 Å². The van der Waals surface area contributed by atoms with Gasteiger partial charge in [0, 0.05) is 25.6 Å². The summed E-state index contributed by atoms with van der Waals surface area (Å²) in [6, 6.07) is 8.78. The number of hydrogen-bond acceptors (Lipinski definition) is 3. The van der Waals surface area contributed by atoms with Crippen molar-refractivity contribution >= 4 is 11.9 Å². The molecule has 0 spiro atoms. The first-order chi connectivity index (χ1) is 13.5. The number of benzene rings is 1. The minimum absolute atomic E-state index is 0.0463. The van der Waals surface area contributed by atoms with Crippen molar-refractivity contribution in [2.75, 3.05) is 27.2 Å². The molecule has 3 amide bonds. The second-order valence-corrected chi connectivity index (χ2v) is 7.86. The Morgan fingerprint density at radius 1 is 1.07 bits per heavy atom. The zero-order chi connectivity index (χ0) is 20.4. The minimum atomic E-state index is -0.165. The number of rotatable bonds is 9. The van der Waals surface area contributed by atoms with Gasteiger partial charge in [-0.3, -0.25) is 4.79 Å². The Balaban J connectivity index is 1.69. The van der Waals surface area contributed by atoms with Crippen molar-refractivity contribution in [3.05, 3.63) is 35.4 Å². The van der Waals surface area contributed by atoms with E-state index in [0.29, 0.717) is 13.1 Å². The Morgan fingerprint density at radius 3 is 2.36 bits per heavy atom. The molecular weight excluding hydrogens is 352 g/mol. The third-order valence-corrected chi connectivity index (χ3v) is 5.47. The minimum Gasteiger partial charge on any atom is -0.354 e. The largest absolute Gasteiger partial charge is 0.354 e. The van der Waals surface area contributed by atoms with Gasteiger partial charge in [-0.05, 0) is 44.5 Å². The molecule has 6 nitrogen and oxygen atoms in total. The van der Waals surface area contributed by atoms with Gasteiger partial charge in [-0.25, -0.2) is 4.79 Å². The van der Waals surface area contributed by atoms with Gasteiger partial charge < -0.3 is 20.9 Å². The Hall–Kier alpha value is -2.08. The topological polar surface area (TPSA) is 73.5 Å². The number of hydrogen-bond donors (Lipinski definition) is 3. The van der Waals surface area contributed by atoms with Gasteiger partial charge in [0.25, 0.3) is 0 Å². The lowest BCUT2D eigenvalue weighted by Crippen LogP contribution is -2.44. The molecule has 1 aromatic carbocycles. The van der Waals surface area contributed by atoms with Crippen LogP contribution >= 0.6 is 0 Å². The highest BCUT2D eigenvalue weighted by molar-refractivity contribution is 5.78. The van der Waals surface area contributed by atoms with Crippen LogP contribution in [0.4, 0.5) is 4.79 Å². The van der Waals surface area contributed by atoms with Gasteiger partial charge in [-0.2, -0.15) is 0 Å². The third-order valence-electron chi connectivity index (χ3n) is 5.47. The normalized spacial score (nSPS) is 15.9. The summed E-state index contributed by atoms with van der Waals surface area (Å²) >= 11 is 0. The number of nitrogens with zero attached hydrogens (tertiary/aromatic N) is 1. The van der Waals surface area contributed by atoms with Gasteiger partial charge in [-0.1, -0.05) is 50.5 Å². The van der Waals surface area contributed by atoms with Crippen LogP contribution in [0.25, 0.3) is 0 Å². The van der Waals surface area contributed by atoms with Gasteiger partial charge >= 0.3 is 6.03 Å². The lowest BCUT2D eigenvalue weighted by atomic mass is 9.96. The van der Waals surface area contributed by atoms with Crippen molar-refractivity contribution < 1.29 is 9.59 Å². The Morgan fingerprint density at radius 2 is 1.75 bits per heavy atom. The number of likely N-dealkylation sites (N-methyl/N-ethyl adjacent to an activating group) is 1.